The summed E-state index contributed by atoms with van der Waals surface area (Å²) in [5, 5.41) is 7.22. The molecule has 7 heteroatoms. The molecule has 0 saturated heterocycles. The average Bonchev–Trinajstić information content (AvgIpc) is 2.75. The van der Waals surface area contributed by atoms with E-state index in [9.17, 15) is 9.59 Å². The lowest BCUT2D eigenvalue weighted by Crippen LogP contribution is -2.32. The van der Waals surface area contributed by atoms with Crippen LogP contribution in [0.15, 0.2) is 65.5 Å². The summed E-state index contributed by atoms with van der Waals surface area (Å²) in [6.07, 6.45) is 0.241. The number of nitrogens with zero attached hydrogens (tertiary/aromatic N) is 2. The molecule has 0 bridgehead atoms. The van der Waals surface area contributed by atoms with E-state index in [0.717, 1.165) is 16.9 Å². The Kier molecular flexibility index (Phi) is 6.63. The van der Waals surface area contributed by atoms with E-state index in [1.165, 1.54) is 10.7 Å². The normalized spacial score (nSPS) is 10.4. The third-order valence-corrected chi connectivity index (χ3v) is 4.40. The minimum Gasteiger partial charge on any atom is -0.497 e. The maximum Gasteiger partial charge on any atom is 0.266 e. The van der Waals surface area contributed by atoms with Crippen LogP contribution in [0.2, 0.25) is 0 Å². The van der Waals surface area contributed by atoms with E-state index in [1.54, 1.807) is 20.3 Å². The minimum absolute atomic E-state index is 0.127. The molecule has 0 radical (unpaired) electrons. The number of hydrogen-bond donors (Lipinski definition) is 1. The van der Waals surface area contributed by atoms with Crippen LogP contribution < -0.4 is 20.3 Å². The summed E-state index contributed by atoms with van der Waals surface area (Å²) in [5.41, 5.74) is 2.19. The first-order valence-corrected chi connectivity index (χ1v) is 9.21. The predicted molar refractivity (Wildman–Crippen MR) is 110 cm³/mol. The number of ether oxygens (including phenoxy) is 2. The highest BCUT2D eigenvalue weighted by Gasteiger charge is 2.07. The fourth-order valence-electron chi connectivity index (χ4n) is 2.86. The Labute approximate surface area is 168 Å². The second kappa shape index (κ2) is 9.54. The van der Waals surface area contributed by atoms with Gasteiger partial charge in [-0.3, -0.25) is 9.59 Å². The van der Waals surface area contributed by atoms with Crippen LogP contribution in [0.1, 0.15) is 5.56 Å². The standard InChI is InChI=1S/C22H23N3O4/c1-28-18-8-6-17(7-9-18)20-10-11-22(27)25(24-20)13-12-23-21(26)15-16-4-3-5-19(14-16)29-2/h3-11,14H,12-13,15H2,1-2H3,(H,23,26). The van der Waals surface area contributed by atoms with Crippen LogP contribution in [0.3, 0.4) is 0 Å². The SMILES string of the molecule is COc1ccc(-c2ccc(=O)n(CCNC(=O)Cc3cccc(OC)c3)n2)cc1. The molecule has 1 amide bonds. The maximum atomic E-state index is 12.2. The van der Waals surface area contributed by atoms with Gasteiger partial charge in [0.25, 0.3) is 5.56 Å². The van der Waals surface area contributed by atoms with E-state index >= 15 is 0 Å². The second-order valence-electron chi connectivity index (χ2n) is 6.39. The molecule has 0 atom stereocenters. The van der Waals surface area contributed by atoms with Crippen molar-refractivity contribution >= 4 is 5.91 Å². The van der Waals surface area contributed by atoms with Gasteiger partial charge in [0.2, 0.25) is 5.91 Å². The molecule has 29 heavy (non-hydrogen) atoms. The maximum absolute atomic E-state index is 12.2. The zero-order valence-electron chi connectivity index (χ0n) is 16.4. The van der Waals surface area contributed by atoms with E-state index in [0.29, 0.717) is 18.0 Å². The summed E-state index contributed by atoms with van der Waals surface area (Å²) in [4.78, 5) is 24.3. The Hall–Kier alpha value is -3.61. The van der Waals surface area contributed by atoms with Crippen LogP contribution in [0, 0.1) is 0 Å². The van der Waals surface area contributed by atoms with E-state index in [-0.39, 0.29) is 24.4 Å². The summed E-state index contributed by atoms with van der Waals surface area (Å²) in [6, 6.07) is 18.0. The number of carbonyl (C=O) groups is 1. The average molecular weight is 393 g/mol. The summed E-state index contributed by atoms with van der Waals surface area (Å²) in [6.45, 7) is 0.592. The van der Waals surface area contributed by atoms with Gasteiger partial charge in [-0.05, 0) is 48.0 Å². The van der Waals surface area contributed by atoms with Gasteiger partial charge in [0.05, 0.1) is 32.9 Å². The topological polar surface area (TPSA) is 82.5 Å². The highest BCUT2D eigenvalue weighted by atomic mass is 16.5. The number of benzene rings is 2. The molecule has 0 aliphatic heterocycles. The number of hydrogen-bond acceptors (Lipinski definition) is 5. The molecule has 0 aliphatic rings. The smallest absolute Gasteiger partial charge is 0.266 e. The lowest BCUT2D eigenvalue weighted by Gasteiger charge is -2.09. The van der Waals surface area contributed by atoms with Gasteiger partial charge in [-0.15, -0.1) is 0 Å². The molecule has 3 aromatic rings. The van der Waals surface area contributed by atoms with Crippen molar-refractivity contribution in [3.63, 3.8) is 0 Å². The molecule has 7 nitrogen and oxygen atoms in total. The Morgan fingerprint density at radius 2 is 1.76 bits per heavy atom. The minimum atomic E-state index is -0.218. The fourth-order valence-corrected chi connectivity index (χ4v) is 2.86. The Bertz CT molecular complexity index is 1030. The second-order valence-corrected chi connectivity index (χ2v) is 6.39. The quantitative estimate of drug-likeness (QED) is 0.635. The van der Waals surface area contributed by atoms with Crippen molar-refractivity contribution in [1.82, 2.24) is 15.1 Å². The van der Waals surface area contributed by atoms with E-state index in [4.69, 9.17) is 9.47 Å². The van der Waals surface area contributed by atoms with Crippen molar-refractivity contribution in [3.05, 3.63) is 76.6 Å². The van der Waals surface area contributed by atoms with Crippen LogP contribution in [-0.4, -0.2) is 36.5 Å². The molecule has 0 unspecified atom stereocenters. The van der Waals surface area contributed by atoms with Crippen molar-refractivity contribution < 1.29 is 14.3 Å². The van der Waals surface area contributed by atoms with Crippen LogP contribution >= 0.6 is 0 Å². The number of carbonyl (C=O) groups excluding carboxylic acids is 1. The van der Waals surface area contributed by atoms with E-state index < -0.39 is 0 Å². The highest BCUT2D eigenvalue weighted by Crippen LogP contribution is 2.19. The van der Waals surface area contributed by atoms with Gasteiger partial charge in [-0.2, -0.15) is 5.10 Å². The van der Waals surface area contributed by atoms with Crippen LogP contribution in [0.4, 0.5) is 0 Å². The highest BCUT2D eigenvalue weighted by molar-refractivity contribution is 5.78. The van der Waals surface area contributed by atoms with Crippen molar-refractivity contribution in [3.8, 4) is 22.8 Å². The van der Waals surface area contributed by atoms with Crippen LogP contribution in [0.5, 0.6) is 11.5 Å². The molecule has 1 heterocycles. The molecule has 0 aliphatic carbocycles. The van der Waals surface area contributed by atoms with Gasteiger partial charge in [0.15, 0.2) is 0 Å². The third kappa shape index (κ3) is 5.44. The molecule has 2 aromatic carbocycles. The molecule has 0 saturated carbocycles. The lowest BCUT2D eigenvalue weighted by atomic mass is 10.1. The van der Waals surface area contributed by atoms with Gasteiger partial charge in [-0.25, -0.2) is 4.68 Å². The first-order valence-electron chi connectivity index (χ1n) is 9.21. The van der Waals surface area contributed by atoms with E-state index in [1.807, 2.05) is 48.5 Å². The van der Waals surface area contributed by atoms with Crippen LogP contribution in [-0.2, 0) is 17.8 Å². The first-order chi connectivity index (χ1) is 14.1. The number of methoxy groups -OCH3 is 2. The summed E-state index contributed by atoms with van der Waals surface area (Å²) in [7, 11) is 3.19. The summed E-state index contributed by atoms with van der Waals surface area (Å²) in [5.74, 6) is 1.33. The van der Waals surface area contributed by atoms with Gasteiger partial charge < -0.3 is 14.8 Å². The number of nitrogens with one attached hydrogen (secondary N) is 1. The van der Waals surface area contributed by atoms with Gasteiger partial charge in [0.1, 0.15) is 11.5 Å². The lowest BCUT2D eigenvalue weighted by molar-refractivity contribution is -0.120. The van der Waals surface area contributed by atoms with Crippen molar-refractivity contribution in [1.29, 1.82) is 0 Å². The largest absolute Gasteiger partial charge is 0.497 e. The number of aromatic nitrogens is 2. The van der Waals surface area contributed by atoms with Crippen LogP contribution in [0.25, 0.3) is 11.3 Å². The van der Waals surface area contributed by atoms with Gasteiger partial charge >= 0.3 is 0 Å². The predicted octanol–water partition coefficient (Wildman–Crippen LogP) is 2.29. The van der Waals surface area contributed by atoms with E-state index in [2.05, 4.69) is 10.4 Å². The van der Waals surface area contributed by atoms with Gasteiger partial charge in [0, 0.05) is 18.2 Å². The molecular weight excluding hydrogens is 370 g/mol. The zero-order valence-corrected chi connectivity index (χ0v) is 16.4. The monoisotopic (exact) mass is 393 g/mol. The van der Waals surface area contributed by atoms with Crippen molar-refractivity contribution in [2.45, 2.75) is 13.0 Å². The fraction of sp³-hybridized carbons (Fsp3) is 0.227. The van der Waals surface area contributed by atoms with Gasteiger partial charge in [-0.1, -0.05) is 12.1 Å². The Morgan fingerprint density at radius 1 is 1.00 bits per heavy atom. The molecule has 1 N–H and O–H groups in total. The first kappa shape index (κ1) is 20.1. The molecule has 0 spiro atoms. The summed E-state index contributed by atoms with van der Waals surface area (Å²) < 4.78 is 11.7. The molecular formula is C22H23N3O4. The third-order valence-electron chi connectivity index (χ3n) is 4.40. The summed E-state index contributed by atoms with van der Waals surface area (Å²) >= 11 is 0. The molecule has 1 aromatic heterocycles. The zero-order chi connectivity index (χ0) is 20.6. The van der Waals surface area contributed by atoms with Crippen molar-refractivity contribution in [2.24, 2.45) is 0 Å². The molecule has 3 rings (SSSR count). The number of amides is 1. The molecule has 150 valence electrons. The molecule has 0 fully saturated rings. The number of rotatable bonds is 8. The Morgan fingerprint density at radius 3 is 2.48 bits per heavy atom. The van der Waals surface area contributed by atoms with Crippen molar-refractivity contribution in [2.75, 3.05) is 20.8 Å². The Balaban J connectivity index is 1.59.